The van der Waals surface area contributed by atoms with Crippen LogP contribution in [-0.2, 0) is 0 Å². The Balaban J connectivity index is 2.57. The van der Waals surface area contributed by atoms with Gasteiger partial charge in [0.05, 0.1) is 0 Å². The molecule has 1 heterocycles. The molecule has 0 spiro atoms. The van der Waals surface area contributed by atoms with Crippen molar-refractivity contribution >= 4 is 17.0 Å². The number of hydrogen-bond donors (Lipinski definition) is 0. The lowest BCUT2D eigenvalue weighted by molar-refractivity contribution is 0.202. The van der Waals surface area contributed by atoms with Crippen LogP contribution in [0.4, 0.5) is 4.79 Å². The predicted octanol–water partition coefficient (Wildman–Crippen LogP) is 2.59. The van der Waals surface area contributed by atoms with Gasteiger partial charge in [0, 0.05) is 17.8 Å². The summed E-state index contributed by atoms with van der Waals surface area (Å²) in [5, 5.41) is 0.708. The Morgan fingerprint density at radius 2 is 2.08 bits per heavy atom. The molecule has 1 fully saturated rings. The Morgan fingerprint density at radius 1 is 1.50 bits per heavy atom. The lowest BCUT2D eigenvalue weighted by Gasteiger charge is -2.23. The minimum atomic E-state index is 0.253. The third-order valence-corrected chi connectivity index (χ3v) is 3.46. The van der Waals surface area contributed by atoms with Gasteiger partial charge < -0.3 is 4.90 Å². The summed E-state index contributed by atoms with van der Waals surface area (Å²) in [6, 6.07) is 0.407. The van der Waals surface area contributed by atoms with E-state index in [1.165, 1.54) is 11.8 Å². The minimum Gasteiger partial charge on any atom is -0.330 e. The van der Waals surface area contributed by atoms with Gasteiger partial charge in [0.2, 0.25) is 0 Å². The van der Waals surface area contributed by atoms with E-state index in [9.17, 15) is 4.79 Å². The van der Waals surface area contributed by atoms with E-state index in [2.05, 4.69) is 27.7 Å². The van der Waals surface area contributed by atoms with Crippen molar-refractivity contribution in [3.05, 3.63) is 0 Å². The van der Waals surface area contributed by atoms with Crippen LogP contribution in [0.25, 0.3) is 0 Å². The number of amides is 1. The maximum absolute atomic E-state index is 11.4. The summed E-state index contributed by atoms with van der Waals surface area (Å²) in [6.07, 6.45) is 0. The highest BCUT2D eigenvalue weighted by atomic mass is 32.2. The molecule has 0 bridgehead atoms. The van der Waals surface area contributed by atoms with E-state index in [1.54, 1.807) is 0 Å². The molecule has 0 radical (unpaired) electrons. The highest BCUT2D eigenvalue weighted by Gasteiger charge is 2.34. The van der Waals surface area contributed by atoms with Gasteiger partial charge in [0.1, 0.15) is 0 Å². The van der Waals surface area contributed by atoms with Crippen molar-refractivity contribution in [2.45, 2.75) is 39.0 Å². The van der Waals surface area contributed by atoms with E-state index in [0.29, 0.717) is 17.2 Å². The zero-order chi connectivity index (χ0) is 9.30. The first kappa shape index (κ1) is 9.90. The van der Waals surface area contributed by atoms with Crippen molar-refractivity contribution < 1.29 is 4.79 Å². The van der Waals surface area contributed by atoms with E-state index in [4.69, 9.17) is 0 Å². The molecule has 0 aromatic rings. The second-order valence-corrected chi connectivity index (χ2v) is 5.20. The zero-order valence-corrected chi connectivity index (χ0v) is 9.02. The van der Waals surface area contributed by atoms with Crippen molar-refractivity contribution in [1.29, 1.82) is 0 Å². The average Bonchev–Trinajstić information content (AvgIpc) is 2.16. The normalized spacial score (nSPS) is 30.4. The molecule has 3 heteroatoms. The fourth-order valence-corrected chi connectivity index (χ4v) is 2.42. The molecular weight excluding hydrogens is 170 g/mol. The quantitative estimate of drug-likeness (QED) is 0.662. The summed E-state index contributed by atoms with van der Waals surface area (Å²) in [7, 11) is 0. The monoisotopic (exact) mass is 187 g/mol. The van der Waals surface area contributed by atoms with Gasteiger partial charge in [-0.25, -0.2) is 0 Å². The average molecular weight is 187 g/mol. The Kier molecular flexibility index (Phi) is 3.04. The Bertz CT molecular complexity index is 181. The molecule has 2 unspecified atom stereocenters. The first-order valence-corrected chi connectivity index (χ1v) is 5.37. The van der Waals surface area contributed by atoms with Crippen LogP contribution in [0.1, 0.15) is 27.7 Å². The van der Waals surface area contributed by atoms with Gasteiger partial charge in [0.25, 0.3) is 5.24 Å². The molecule has 1 saturated heterocycles. The molecule has 1 aliphatic heterocycles. The fourth-order valence-electron chi connectivity index (χ4n) is 1.38. The SMILES string of the molecule is CC(C)CN1C(=O)SC(C)C1C. The molecular formula is C9H17NOS. The molecule has 1 rings (SSSR count). The van der Waals surface area contributed by atoms with Crippen molar-refractivity contribution in [2.75, 3.05) is 6.54 Å². The van der Waals surface area contributed by atoms with E-state index in [-0.39, 0.29) is 5.24 Å². The summed E-state index contributed by atoms with van der Waals surface area (Å²) in [6.45, 7) is 9.44. The molecule has 70 valence electrons. The molecule has 0 N–H and O–H groups in total. The third kappa shape index (κ3) is 1.94. The summed E-state index contributed by atoms with van der Waals surface area (Å²) < 4.78 is 0. The zero-order valence-electron chi connectivity index (χ0n) is 8.20. The molecule has 1 aliphatic rings. The minimum absolute atomic E-state index is 0.253. The van der Waals surface area contributed by atoms with Gasteiger partial charge in [0.15, 0.2) is 0 Å². The predicted molar refractivity (Wildman–Crippen MR) is 53.5 cm³/mol. The Morgan fingerprint density at radius 3 is 2.42 bits per heavy atom. The van der Waals surface area contributed by atoms with Gasteiger partial charge in [-0.2, -0.15) is 0 Å². The highest BCUT2D eigenvalue weighted by Crippen LogP contribution is 2.31. The van der Waals surface area contributed by atoms with Crippen LogP contribution in [0.15, 0.2) is 0 Å². The lowest BCUT2D eigenvalue weighted by atomic mass is 10.1. The first-order chi connectivity index (χ1) is 5.52. The summed E-state index contributed by atoms with van der Waals surface area (Å²) in [5.41, 5.74) is 0. The maximum atomic E-state index is 11.4. The standard InChI is InChI=1S/C9H17NOS/c1-6(2)5-10-7(3)8(4)12-9(10)11/h6-8H,5H2,1-4H3. The number of hydrogen-bond acceptors (Lipinski definition) is 2. The smallest absolute Gasteiger partial charge is 0.282 e. The third-order valence-electron chi connectivity index (χ3n) is 2.25. The van der Waals surface area contributed by atoms with Crippen LogP contribution in [0, 0.1) is 5.92 Å². The molecule has 0 aromatic carbocycles. The van der Waals surface area contributed by atoms with Crippen LogP contribution in [-0.4, -0.2) is 28.0 Å². The Labute approximate surface area is 78.7 Å². The molecule has 0 aromatic heterocycles. The Hall–Kier alpha value is -0.180. The fraction of sp³-hybridized carbons (Fsp3) is 0.889. The van der Waals surface area contributed by atoms with Crippen molar-refractivity contribution in [3.8, 4) is 0 Å². The number of rotatable bonds is 2. The van der Waals surface area contributed by atoms with Crippen molar-refractivity contribution in [1.82, 2.24) is 4.90 Å². The molecule has 0 aliphatic carbocycles. The highest BCUT2D eigenvalue weighted by molar-refractivity contribution is 8.14. The first-order valence-electron chi connectivity index (χ1n) is 4.49. The number of carbonyl (C=O) groups is 1. The summed E-state index contributed by atoms with van der Waals surface area (Å²) in [5.74, 6) is 0.572. The topological polar surface area (TPSA) is 20.3 Å². The van der Waals surface area contributed by atoms with Gasteiger partial charge in [-0.05, 0) is 12.8 Å². The molecule has 1 amide bonds. The van der Waals surface area contributed by atoms with Gasteiger partial charge in [-0.3, -0.25) is 4.79 Å². The second kappa shape index (κ2) is 3.69. The maximum Gasteiger partial charge on any atom is 0.282 e. The van der Waals surface area contributed by atoms with Crippen LogP contribution >= 0.6 is 11.8 Å². The van der Waals surface area contributed by atoms with E-state index in [0.717, 1.165) is 6.54 Å². The summed E-state index contributed by atoms with van der Waals surface area (Å²) >= 11 is 1.47. The number of carbonyl (C=O) groups excluding carboxylic acids is 1. The molecule has 12 heavy (non-hydrogen) atoms. The van der Waals surface area contributed by atoms with Gasteiger partial charge in [-0.1, -0.05) is 32.5 Å². The van der Waals surface area contributed by atoms with Crippen molar-refractivity contribution in [3.63, 3.8) is 0 Å². The van der Waals surface area contributed by atoms with Crippen LogP contribution in [0.3, 0.4) is 0 Å². The second-order valence-electron chi connectivity index (χ2n) is 3.88. The van der Waals surface area contributed by atoms with Crippen molar-refractivity contribution in [2.24, 2.45) is 5.92 Å². The van der Waals surface area contributed by atoms with Gasteiger partial charge in [-0.15, -0.1) is 0 Å². The largest absolute Gasteiger partial charge is 0.330 e. The van der Waals surface area contributed by atoms with Crippen LogP contribution in [0.5, 0.6) is 0 Å². The van der Waals surface area contributed by atoms with Crippen LogP contribution < -0.4 is 0 Å². The lowest BCUT2D eigenvalue weighted by Crippen LogP contribution is -2.35. The number of thioether (sulfide) groups is 1. The van der Waals surface area contributed by atoms with Gasteiger partial charge >= 0.3 is 0 Å². The van der Waals surface area contributed by atoms with E-state index >= 15 is 0 Å². The number of nitrogens with zero attached hydrogens (tertiary/aromatic N) is 1. The summed E-state index contributed by atoms with van der Waals surface area (Å²) in [4.78, 5) is 13.4. The molecule has 0 saturated carbocycles. The molecule has 2 atom stereocenters. The van der Waals surface area contributed by atoms with E-state index < -0.39 is 0 Å². The molecule has 2 nitrogen and oxygen atoms in total. The van der Waals surface area contributed by atoms with E-state index in [1.807, 2.05) is 4.90 Å². The van der Waals surface area contributed by atoms with Crippen LogP contribution in [0.2, 0.25) is 0 Å².